The number of piperazine rings is 1. The van der Waals surface area contributed by atoms with E-state index in [0.717, 1.165) is 4.90 Å². The predicted molar refractivity (Wildman–Crippen MR) is 131 cm³/mol. The van der Waals surface area contributed by atoms with Crippen LogP contribution in [-0.2, 0) is 19.1 Å². The SMILES string of the molecule is CO[C@@]12[C@H](COC(N)=O)C3=C(C(=O)C(C)=C(NCCSSc4ccncc4)C3=O)N1C[C@H]1[C@@H]2N1C. The van der Waals surface area contributed by atoms with Gasteiger partial charge < -0.3 is 25.4 Å². The molecule has 2 saturated heterocycles. The van der Waals surface area contributed by atoms with Gasteiger partial charge in [-0.2, -0.15) is 0 Å². The molecule has 2 fully saturated rings. The van der Waals surface area contributed by atoms with Crippen LogP contribution in [0, 0.1) is 5.92 Å². The van der Waals surface area contributed by atoms with Gasteiger partial charge in [0.1, 0.15) is 6.61 Å². The molecule has 5 atom stereocenters. The number of carbonyl (C=O) groups excluding carboxylic acids is 3. The molecule has 0 radical (unpaired) electrons. The molecular weight excluding hydrogens is 490 g/mol. The number of hydrogen-bond acceptors (Lipinski definition) is 11. The van der Waals surface area contributed by atoms with Gasteiger partial charge in [0.05, 0.1) is 23.4 Å². The number of fused-ring (bicyclic) bond motifs is 4. The predicted octanol–water partition coefficient (Wildman–Crippen LogP) is 1.16. The van der Waals surface area contributed by atoms with E-state index in [0.29, 0.717) is 41.4 Å². The number of nitrogens with one attached hydrogen (secondary N) is 1. The van der Waals surface area contributed by atoms with Crippen LogP contribution in [0.2, 0.25) is 0 Å². The molecule has 0 saturated carbocycles. The molecule has 1 aromatic rings. The molecule has 10 nitrogen and oxygen atoms in total. The summed E-state index contributed by atoms with van der Waals surface area (Å²) in [5, 5.41) is 3.19. The van der Waals surface area contributed by atoms with E-state index in [1.807, 2.05) is 24.1 Å². The maximum atomic E-state index is 13.8. The molecule has 35 heavy (non-hydrogen) atoms. The lowest BCUT2D eigenvalue weighted by molar-refractivity contribution is -0.144. The number of amides is 1. The van der Waals surface area contributed by atoms with Crippen LogP contribution in [0.5, 0.6) is 0 Å². The normalized spacial score (nSPS) is 30.9. The zero-order valence-electron chi connectivity index (χ0n) is 19.6. The minimum atomic E-state index is -0.961. The second-order valence-corrected chi connectivity index (χ2v) is 11.4. The zero-order chi connectivity index (χ0) is 24.9. The van der Waals surface area contributed by atoms with Gasteiger partial charge in [-0.15, -0.1) is 0 Å². The summed E-state index contributed by atoms with van der Waals surface area (Å²) in [5.41, 5.74) is 5.67. The third-order valence-electron chi connectivity index (χ3n) is 7.24. The molecule has 0 aromatic carbocycles. The van der Waals surface area contributed by atoms with Crippen molar-refractivity contribution in [2.24, 2.45) is 11.7 Å². The van der Waals surface area contributed by atoms with Gasteiger partial charge in [0.2, 0.25) is 11.6 Å². The number of ether oxygens (including phenoxy) is 2. The lowest BCUT2D eigenvalue weighted by atomic mass is 9.82. The lowest BCUT2D eigenvalue weighted by Crippen LogP contribution is -2.55. The smallest absolute Gasteiger partial charge is 0.404 e. The van der Waals surface area contributed by atoms with E-state index < -0.39 is 17.7 Å². The number of Topliss-reactive ketones (excluding diaryl/α,β-unsaturated/α-hetero) is 2. The Balaban J connectivity index is 1.35. The van der Waals surface area contributed by atoms with Crippen LogP contribution in [0.4, 0.5) is 4.79 Å². The van der Waals surface area contributed by atoms with E-state index in [4.69, 9.17) is 15.2 Å². The van der Waals surface area contributed by atoms with Gasteiger partial charge in [0.25, 0.3) is 0 Å². The van der Waals surface area contributed by atoms with Gasteiger partial charge in [0.15, 0.2) is 5.72 Å². The van der Waals surface area contributed by atoms with Gasteiger partial charge in [-0.3, -0.25) is 19.5 Å². The molecule has 4 heterocycles. The number of carbonyl (C=O) groups is 3. The van der Waals surface area contributed by atoms with Crippen molar-refractivity contribution in [3.05, 3.63) is 47.1 Å². The van der Waals surface area contributed by atoms with Gasteiger partial charge in [-0.1, -0.05) is 21.6 Å². The maximum Gasteiger partial charge on any atom is 0.404 e. The highest BCUT2D eigenvalue weighted by molar-refractivity contribution is 8.76. The first-order chi connectivity index (χ1) is 16.8. The number of aromatic nitrogens is 1. The molecule has 5 rings (SSSR count). The number of hydrogen-bond donors (Lipinski definition) is 2. The summed E-state index contributed by atoms with van der Waals surface area (Å²) in [5.74, 6) is -0.373. The second kappa shape index (κ2) is 9.16. The minimum absolute atomic E-state index is 0.0153. The van der Waals surface area contributed by atoms with Gasteiger partial charge in [-0.05, 0) is 26.1 Å². The van der Waals surface area contributed by atoms with E-state index in [1.54, 1.807) is 48.0 Å². The summed E-state index contributed by atoms with van der Waals surface area (Å²) in [6.07, 6.45) is 2.55. The zero-order valence-corrected chi connectivity index (χ0v) is 21.3. The highest BCUT2D eigenvalue weighted by atomic mass is 33.1. The largest absolute Gasteiger partial charge is 0.449 e. The molecule has 3 aliphatic heterocycles. The van der Waals surface area contributed by atoms with Gasteiger partial charge in [-0.25, -0.2) is 4.79 Å². The van der Waals surface area contributed by atoms with Crippen LogP contribution in [0.25, 0.3) is 0 Å². The summed E-state index contributed by atoms with van der Waals surface area (Å²) in [7, 11) is 6.82. The van der Waals surface area contributed by atoms with Crippen LogP contribution in [0.15, 0.2) is 52.0 Å². The van der Waals surface area contributed by atoms with E-state index in [2.05, 4.69) is 15.2 Å². The molecule has 12 heteroatoms. The molecule has 0 bridgehead atoms. The third kappa shape index (κ3) is 3.74. The van der Waals surface area contributed by atoms with Gasteiger partial charge >= 0.3 is 6.09 Å². The Hall–Kier alpha value is -2.54. The Morgan fingerprint density at radius 2 is 2.06 bits per heavy atom. The Morgan fingerprint density at radius 1 is 1.31 bits per heavy atom. The highest BCUT2D eigenvalue weighted by Crippen LogP contribution is 2.59. The molecule has 4 aliphatic rings. The van der Waals surface area contributed by atoms with Crippen molar-refractivity contribution >= 4 is 39.2 Å². The number of allylic oxidation sites excluding steroid dienone is 2. The number of nitrogens with zero attached hydrogens (tertiary/aromatic N) is 3. The van der Waals surface area contributed by atoms with Crippen LogP contribution in [0.1, 0.15) is 6.92 Å². The van der Waals surface area contributed by atoms with Crippen molar-refractivity contribution in [2.45, 2.75) is 29.6 Å². The number of ketones is 2. The minimum Gasteiger partial charge on any atom is -0.449 e. The second-order valence-electron chi connectivity index (χ2n) is 8.86. The molecule has 1 aromatic heterocycles. The van der Waals surface area contributed by atoms with E-state index >= 15 is 0 Å². The molecule has 186 valence electrons. The average Bonchev–Trinajstić information content (AvgIpc) is 3.22. The van der Waals surface area contributed by atoms with Crippen LogP contribution < -0.4 is 11.1 Å². The van der Waals surface area contributed by atoms with Crippen molar-refractivity contribution in [1.29, 1.82) is 0 Å². The average molecular weight is 518 g/mol. The fourth-order valence-corrected chi connectivity index (χ4v) is 7.53. The van der Waals surface area contributed by atoms with Crippen LogP contribution in [-0.4, -0.2) is 89.9 Å². The fourth-order valence-electron chi connectivity index (χ4n) is 5.65. The van der Waals surface area contributed by atoms with E-state index in [1.165, 1.54) is 0 Å². The quantitative estimate of drug-likeness (QED) is 0.212. The van der Waals surface area contributed by atoms with Gasteiger partial charge in [0, 0.05) is 60.4 Å². The van der Waals surface area contributed by atoms with E-state index in [-0.39, 0.29) is 30.3 Å². The summed E-state index contributed by atoms with van der Waals surface area (Å²) in [6, 6.07) is 4.06. The molecule has 1 aliphatic carbocycles. The maximum absolute atomic E-state index is 13.8. The Kier molecular flexibility index (Phi) is 6.32. The number of nitrogens with two attached hydrogens (primary N) is 1. The summed E-state index contributed by atoms with van der Waals surface area (Å²) in [6.45, 7) is 2.61. The standard InChI is InChI=1S/C23H27N5O5S2/c1-12-17(26-8-9-34-35-13-4-6-25-7-5-13)20(30)16-14(11-33-22(24)31)23(32-3)21-15(27(21)2)10-28(23)18(16)19(12)29/h4-7,14-15,21,26H,8-11H2,1-3H3,(H2,24,31)/t14-,15+,21+,23-,27?/m1/s1. The molecular formula is C23H27N5O5S2. The number of rotatable bonds is 9. The number of primary amides is 1. The Labute approximate surface area is 211 Å². The molecule has 3 N–H and O–H groups in total. The first-order valence-electron chi connectivity index (χ1n) is 11.3. The van der Waals surface area contributed by atoms with Crippen molar-refractivity contribution < 1.29 is 23.9 Å². The molecule has 1 amide bonds. The number of pyridine rings is 1. The summed E-state index contributed by atoms with van der Waals surface area (Å²) >= 11 is 0. The third-order valence-corrected chi connectivity index (χ3v) is 9.62. The molecule has 1 unspecified atom stereocenters. The fraction of sp³-hybridized carbons (Fsp3) is 0.478. The Bertz CT molecular complexity index is 1140. The lowest BCUT2D eigenvalue weighted by Gasteiger charge is -2.40. The van der Waals surface area contributed by atoms with Crippen LogP contribution >= 0.6 is 21.6 Å². The van der Waals surface area contributed by atoms with Crippen molar-refractivity contribution in [2.75, 3.05) is 39.6 Å². The first kappa shape index (κ1) is 24.2. The monoisotopic (exact) mass is 517 g/mol. The van der Waals surface area contributed by atoms with E-state index in [9.17, 15) is 14.4 Å². The topological polar surface area (TPSA) is 127 Å². The summed E-state index contributed by atoms with van der Waals surface area (Å²) < 4.78 is 11.2. The van der Waals surface area contributed by atoms with Crippen molar-refractivity contribution in [1.82, 2.24) is 20.1 Å². The first-order valence-corrected chi connectivity index (χ1v) is 13.6. The van der Waals surface area contributed by atoms with Crippen molar-refractivity contribution in [3.8, 4) is 0 Å². The van der Waals surface area contributed by atoms with Crippen LogP contribution in [0.3, 0.4) is 0 Å². The van der Waals surface area contributed by atoms with Crippen molar-refractivity contribution in [3.63, 3.8) is 0 Å². The highest BCUT2D eigenvalue weighted by Gasteiger charge is 2.75. The Morgan fingerprint density at radius 3 is 2.74 bits per heavy atom. The molecule has 0 spiro atoms. The summed E-state index contributed by atoms with van der Waals surface area (Å²) in [4.78, 5) is 48.0. The number of likely N-dealkylation sites (N-methyl/N-ethyl adjacent to an activating group) is 1. The number of methoxy groups -OCH3 is 1.